The zero-order valence-electron chi connectivity index (χ0n) is 11.2. The van der Waals surface area contributed by atoms with Crippen molar-refractivity contribution in [3.05, 3.63) is 48.2 Å². The van der Waals surface area contributed by atoms with Gasteiger partial charge in [-0.15, -0.1) is 11.3 Å². The first-order valence-electron chi connectivity index (χ1n) is 6.53. The standard InChI is InChI=1S/C15H15N3S2/c1-2-16-14-9-5-6-11(17-14)10-19-15-18-12-7-3-4-8-13(12)20-15/h3-9H,2,10H2,1H3,(H,16,17). The molecule has 0 spiro atoms. The van der Waals surface area contributed by atoms with Crippen LogP contribution in [0.1, 0.15) is 12.6 Å². The second-order valence-electron chi connectivity index (χ2n) is 4.28. The number of para-hydroxylation sites is 1. The summed E-state index contributed by atoms with van der Waals surface area (Å²) in [6.07, 6.45) is 0. The predicted molar refractivity (Wildman–Crippen MR) is 87.6 cm³/mol. The van der Waals surface area contributed by atoms with Crippen LogP contribution in [0.2, 0.25) is 0 Å². The molecular formula is C15H15N3S2. The number of benzene rings is 1. The molecule has 3 rings (SSSR count). The number of fused-ring (bicyclic) bond motifs is 1. The van der Waals surface area contributed by atoms with Crippen LogP contribution < -0.4 is 5.32 Å². The maximum absolute atomic E-state index is 4.62. The number of anilines is 1. The van der Waals surface area contributed by atoms with Gasteiger partial charge in [0, 0.05) is 12.3 Å². The molecule has 5 heteroatoms. The van der Waals surface area contributed by atoms with Gasteiger partial charge in [-0.2, -0.15) is 0 Å². The number of thioether (sulfide) groups is 1. The van der Waals surface area contributed by atoms with Crippen LogP contribution in [-0.2, 0) is 5.75 Å². The third kappa shape index (κ3) is 3.11. The van der Waals surface area contributed by atoms with Crippen LogP contribution in [0.4, 0.5) is 5.82 Å². The van der Waals surface area contributed by atoms with Gasteiger partial charge >= 0.3 is 0 Å². The Morgan fingerprint density at radius 1 is 1.10 bits per heavy atom. The van der Waals surface area contributed by atoms with E-state index in [1.165, 1.54) is 4.70 Å². The zero-order valence-corrected chi connectivity index (χ0v) is 12.8. The molecule has 1 N–H and O–H groups in total. The van der Waals surface area contributed by atoms with Gasteiger partial charge in [-0.25, -0.2) is 9.97 Å². The summed E-state index contributed by atoms with van der Waals surface area (Å²) in [5, 5.41) is 3.23. The molecule has 20 heavy (non-hydrogen) atoms. The lowest BCUT2D eigenvalue weighted by Gasteiger charge is -2.04. The van der Waals surface area contributed by atoms with Crippen molar-refractivity contribution in [2.24, 2.45) is 0 Å². The fraction of sp³-hybridized carbons (Fsp3) is 0.200. The molecule has 0 saturated heterocycles. The largest absolute Gasteiger partial charge is 0.370 e. The Morgan fingerprint density at radius 3 is 2.85 bits per heavy atom. The first kappa shape index (κ1) is 13.4. The predicted octanol–water partition coefficient (Wildman–Crippen LogP) is 4.42. The minimum Gasteiger partial charge on any atom is -0.370 e. The highest BCUT2D eigenvalue weighted by atomic mass is 32.2. The van der Waals surface area contributed by atoms with Crippen molar-refractivity contribution in [3.8, 4) is 0 Å². The molecule has 3 nitrogen and oxygen atoms in total. The van der Waals surface area contributed by atoms with Crippen molar-refractivity contribution in [1.29, 1.82) is 0 Å². The van der Waals surface area contributed by atoms with Crippen LogP contribution in [0.25, 0.3) is 10.2 Å². The molecule has 0 aliphatic heterocycles. The van der Waals surface area contributed by atoms with Crippen LogP contribution in [0.5, 0.6) is 0 Å². The number of nitrogens with zero attached hydrogens (tertiary/aromatic N) is 2. The Hall–Kier alpha value is -1.59. The van der Waals surface area contributed by atoms with Crippen molar-refractivity contribution in [2.45, 2.75) is 17.0 Å². The van der Waals surface area contributed by atoms with E-state index in [-0.39, 0.29) is 0 Å². The number of aromatic nitrogens is 2. The lowest BCUT2D eigenvalue weighted by molar-refractivity contribution is 1.11. The van der Waals surface area contributed by atoms with Crippen molar-refractivity contribution < 1.29 is 0 Å². The maximum atomic E-state index is 4.62. The fourth-order valence-corrected chi connectivity index (χ4v) is 3.86. The minimum atomic E-state index is 0.846. The van der Waals surface area contributed by atoms with E-state index in [0.29, 0.717) is 0 Å². The zero-order chi connectivity index (χ0) is 13.8. The Bertz CT molecular complexity index is 676. The average molecular weight is 301 g/mol. The van der Waals surface area contributed by atoms with Gasteiger partial charge in [0.05, 0.1) is 15.9 Å². The van der Waals surface area contributed by atoms with Gasteiger partial charge in [0.1, 0.15) is 5.82 Å². The Morgan fingerprint density at radius 2 is 2.00 bits per heavy atom. The molecule has 3 aromatic rings. The molecule has 0 amide bonds. The topological polar surface area (TPSA) is 37.8 Å². The van der Waals surface area contributed by atoms with Gasteiger partial charge in [-0.3, -0.25) is 0 Å². The monoisotopic (exact) mass is 301 g/mol. The minimum absolute atomic E-state index is 0.846. The summed E-state index contributed by atoms with van der Waals surface area (Å²) >= 11 is 3.48. The molecule has 0 radical (unpaired) electrons. The van der Waals surface area contributed by atoms with E-state index in [2.05, 4.69) is 46.5 Å². The summed E-state index contributed by atoms with van der Waals surface area (Å²) in [5.74, 6) is 1.79. The number of pyridine rings is 1. The highest BCUT2D eigenvalue weighted by Gasteiger charge is 2.05. The molecular weight excluding hydrogens is 286 g/mol. The van der Waals surface area contributed by atoms with Crippen LogP contribution in [0, 0.1) is 0 Å². The molecule has 0 aliphatic rings. The Balaban J connectivity index is 1.71. The van der Waals surface area contributed by atoms with Crippen LogP contribution in [0.3, 0.4) is 0 Å². The molecule has 0 saturated carbocycles. The molecule has 0 bridgehead atoms. The number of hydrogen-bond donors (Lipinski definition) is 1. The van der Waals surface area contributed by atoms with E-state index >= 15 is 0 Å². The summed E-state index contributed by atoms with van der Waals surface area (Å²) in [6, 6.07) is 14.3. The smallest absolute Gasteiger partial charge is 0.151 e. The second kappa shape index (κ2) is 6.24. The van der Waals surface area contributed by atoms with Crippen LogP contribution in [-0.4, -0.2) is 16.5 Å². The molecule has 0 fully saturated rings. The van der Waals surface area contributed by atoms with Crippen molar-refractivity contribution >= 4 is 39.1 Å². The van der Waals surface area contributed by atoms with Gasteiger partial charge in [0.15, 0.2) is 4.34 Å². The molecule has 2 heterocycles. The van der Waals surface area contributed by atoms with Gasteiger partial charge in [0.25, 0.3) is 0 Å². The van der Waals surface area contributed by atoms with Crippen LogP contribution in [0.15, 0.2) is 46.8 Å². The van der Waals surface area contributed by atoms with E-state index in [4.69, 9.17) is 0 Å². The normalized spacial score (nSPS) is 10.8. The number of rotatable bonds is 5. The number of hydrogen-bond acceptors (Lipinski definition) is 5. The highest BCUT2D eigenvalue weighted by Crippen LogP contribution is 2.31. The van der Waals surface area contributed by atoms with E-state index in [0.717, 1.165) is 33.7 Å². The SMILES string of the molecule is CCNc1cccc(CSc2nc3ccccc3s2)n1. The average Bonchev–Trinajstić information content (AvgIpc) is 2.89. The van der Waals surface area contributed by atoms with Gasteiger partial charge in [-0.1, -0.05) is 30.0 Å². The van der Waals surface area contributed by atoms with Gasteiger partial charge < -0.3 is 5.32 Å². The van der Waals surface area contributed by atoms with E-state index in [9.17, 15) is 0 Å². The highest BCUT2D eigenvalue weighted by molar-refractivity contribution is 8.00. The quantitative estimate of drug-likeness (QED) is 0.708. The van der Waals surface area contributed by atoms with Crippen molar-refractivity contribution in [3.63, 3.8) is 0 Å². The van der Waals surface area contributed by atoms with E-state index in [1.54, 1.807) is 23.1 Å². The molecule has 0 atom stereocenters. The summed E-state index contributed by atoms with van der Waals surface area (Å²) in [5.41, 5.74) is 2.15. The number of nitrogens with one attached hydrogen (secondary N) is 1. The van der Waals surface area contributed by atoms with Gasteiger partial charge in [-0.05, 0) is 31.2 Å². The van der Waals surface area contributed by atoms with Gasteiger partial charge in [0.2, 0.25) is 0 Å². The molecule has 102 valence electrons. The molecule has 1 aromatic carbocycles. The fourth-order valence-electron chi connectivity index (χ4n) is 1.89. The molecule has 0 aliphatic carbocycles. The summed E-state index contributed by atoms with van der Waals surface area (Å²) in [6.45, 7) is 2.96. The second-order valence-corrected chi connectivity index (χ2v) is 6.53. The van der Waals surface area contributed by atoms with Crippen LogP contribution >= 0.6 is 23.1 Å². The Labute approximate surface area is 126 Å². The first-order valence-corrected chi connectivity index (χ1v) is 8.33. The third-order valence-corrected chi connectivity index (χ3v) is 5.00. The summed E-state index contributed by atoms with van der Waals surface area (Å²) in [7, 11) is 0. The third-order valence-electron chi connectivity index (χ3n) is 2.78. The molecule has 2 aromatic heterocycles. The molecule has 0 unspecified atom stereocenters. The Kier molecular flexibility index (Phi) is 4.18. The summed E-state index contributed by atoms with van der Waals surface area (Å²) < 4.78 is 2.34. The first-order chi connectivity index (χ1) is 9.85. The van der Waals surface area contributed by atoms with E-state index in [1.807, 2.05) is 18.2 Å². The lowest BCUT2D eigenvalue weighted by Crippen LogP contribution is -2.00. The van der Waals surface area contributed by atoms with E-state index < -0.39 is 0 Å². The summed E-state index contributed by atoms with van der Waals surface area (Å²) in [4.78, 5) is 9.20. The number of thiazole rings is 1. The van der Waals surface area contributed by atoms with Crippen molar-refractivity contribution in [2.75, 3.05) is 11.9 Å². The maximum Gasteiger partial charge on any atom is 0.151 e. The van der Waals surface area contributed by atoms with Crippen molar-refractivity contribution in [1.82, 2.24) is 9.97 Å². The lowest BCUT2D eigenvalue weighted by atomic mass is 10.3.